The molecule has 2 aromatic carbocycles. The number of carbonyl (C=O) groups excluding carboxylic acids is 2. The van der Waals surface area contributed by atoms with E-state index < -0.39 is 21.8 Å². The summed E-state index contributed by atoms with van der Waals surface area (Å²) in [6.07, 6.45) is 0. The number of hydrogen-bond acceptors (Lipinski definition) is 6. The predicted molar refractivity (Wildman–Crippen MR) is 106 cm³/mol. The summed E-state index contributed by atoms with van der Waals surface area (Å²) in [7, 11) is -3.87. The Bertz CT molecular complexity index is 1090. The summed E-state index contributed by atoms with van der Waals surface area (Å²) in [5.41, 5.74) is 1.59. The number of sulfonamides is 1. The van der Waals surface area contributed by atoms with Crippen LogP contribution in [0.25, 0.3) is 5.57 Å². The van der Waals surface area contributed by atoms with E-state index in [9.17, 15) is 18.0 Å². The van der Waals surface area contributed by atoms with Crippen molar-refractivity contribution >= 4 is 33.1 Å². The zero-order valence-electron chi connectivity index (χ0n) is 15.4. The van der Waals surface area contributed by atoms with E-state index in [2.05, 4.69) is 0 Å². The maximum absolute atomic E-state index is 13.3. The van der Waals surface area contributed by atoms with Crippen molar-refractivity contribution in [1.82, 2.24) is 4.90 Å². The summed E-state index contributed by atoms with van der Waals surface area (Å²) >= 11 is 0. The topological polar surface area (TPSA) is 110 Å². The van der Waals surface area contributed by atoms with Gasteiger partial charge in [-0.2, -0.15) is 0 Å². The van der Waals surface area contributed by atoms with Crippen molar-refractivity contribution in [3.63, 3.8) is 0 Å². The lowest BCUT2D eigenvalue weighted by atomic mass is 10.0. The molecule has 2 N–H and O–H groups in total. The zero-order valence-corrected chi connectivity index (χ0v) is 16.3. The first-order chi connectivity index (χ1) is 13.9. The van der Waals surface area contributed by atoms with Gasteiger partial charge in [0, 0.05) is 13.1 Å². The Morgan fingerprint density at radius 2 is 1.48 bits per heavy atom. The summed E-state index contributed by atoms with van der Waals surface area (Å²) in [6.45, 7) is 1.94. The largest absolute Gasteiger partial charge is 0.378 e. The highest BCUT2D eigenvalue weighted by atomic mass is 32.2. The van der Waals surface area contributed by atoms with Gasteiger partial charge in [0.15, 0.2) is 0 Å². The van der Waals surface area contributed by atoms with Crippen LogP contribution in [0, 0.1) is 0 Å². The number of hydrogen-bond donors (Lipinski definition) is 1. The van der Waals surface area contributed by atoms with Crippen LogP contribution in [0.5, 0.6) is 0 Å². The number of nitrogens with two attached hydrogens (primary N) is 1. The van der Waals surface area contributed by atoms with Crippen LogP contribution >= 0.6 is 0 Å². The van der Waals surface area contributed by atoms with E-state index in [1.165, 1.54) is 24.3 Å². The average molecular weight is 413 g/mol. The molecule has 0 aliphatic carbocycles. The Labute approximate surface area is 168 Å². The first kappa shape index (κ1) is 19.3. The molecule has 4 rings (SSSR count). The normalized spacial score (nSPS) is 18.0. The highest BCUT2D eigenvalue weighted by molar-refractivity contribution is 7.89. The number of imide groups is 1. The van der Waals surface area contributed by atoms with Crippen LogP contribution in [0.2, 0.25) is 0 Å². The number of benzene rings is 2. The maximum Gasteiger partial charge on any atom is 0.282 e. The fourth-order valence-electron chi connectivity index (χ4n) is 3.48. The molecule has 8 nitrogen and oxygen atoms in total. The monoisotopic (exact) mass is 413 g/mol. The lowest BCUT2D eigenvalue weighted by molar-refractivity contribution is -0.121. The first-order valence-electron chi connectivity index (χ1n) is 9.02. The Hall–Kier alpha value is -3.01. The summed E-state index contributed by atoms with van der Waals surface area (Å²) in [5, 5.41) is 5.13. The van der Waals surface area contributed by atoms with Crippen LogP contribution in [-0.2, 0) is 24.3 Å². The molecule has 0 spiro atoms. The number of amides is 2. The molecule has 150 valence electrons. The molecule has 29 heavy (non-hydrogen) atoms. The molecule has 2 aromatic rings. The summed E-state index contributed by atoms with van der Waals surface area (Å²) < 4.78 is 28.4. The molecule has 2 aliphatic heterocycles. The molecule has 2 amide bonds. The number of ether oxygens (including phenoxy) is 1. The summed E-state index contributed by atoms with van der Waals surface area (Å²) in [4.78, 5) is 29.4. The average Bonchev–Trinajstić information content (AvgIpc) is 2.99. The third-order valence-electron chi connectivity index (χ3n) is 4.87. The van der Waals surface area contributed by atoms with Crippen molar-refractivity contribution in [2.75, 3.05) is 31.2 Å². The maximum atomic E-state index is 13.3. The van der Waals surface area contributed by atoms with Crippen LogP contribution in [-0.4, -0.2) is 51.4 Å². The van der Waals surface area contributed by atoms with Crippen molar-refractivity contribution in [1.29, 1.82) is 0 Å². The van der Waals surface area contributed by atoms with Gasteiger partial charge >= 0.3 is 0 Å². The van der Waals surface area contributed by atoms with Gasteiger partial charge in [-0.1, -0.05) is 30.3 Å². The minimum atomic E-state index is -3.87. The van der Waals surface area contributed by atoms with Gasteiger partial charge in [0.1, 0.15) is 5.70 Å². The van der Waals surface area contributed by atoms with Crippen LogP contribution < -0.4 is 10.0 Å². The number of carbonyl (C=O) groups is 2. The molecule has 1 fully saturated rings. The van der Waals surface area contributed by atoms with E-state index in [0.717, 1.165) is 4.90 Å². The molecule has 2 aliphatic rings. The van der Waals surface area contributed by atoms with Crippen molar-refractivity contribution in [2.24, 2.45) is 5.14 Å². The molecule has 9 heteroatoms. The van der Waals surface area contributed by atoms with E-state index in [4.69, 9.17) is 9.88 Å². The van der Waals surface area contributed by atoms with Crippen molar-refractivity contribution in [3.05, 3.63) is 65.9 Å². The summed E-state index contributed by atoms with van der Waals surface area (Å²) in [5.74, 6) is -0.898. The van der Waals surface area contributed by atoms with Crippen molar-refractivity contribution < 1.29 is 22.7 Å². The van der Waals surface area contributed by atoms with E-state index >= 15 is 0 Å². The molecule has 0 radical (unpaired) electrons. The van der Waals surface area contributed by atoms with Gasteiger partial charge in [-0.05, 0) is 29.8 Å². The van der Waals surface area contributed by atoms with Gasteiger partial charge in [-0.25, -0.2) is 18.5 Å². The Balaban J connectivity index is 1.78. The van der Waals surface area contributed by atoms with Crippen LogP contribution in [0.3, 0.4) is 0 Å². The van der Waals surface area contributed by atoms with E-state index in [-0.39, 0.29) is 10.6 Å². The zero-order chi connectivity index (χ0) is 20.6. The lowest BCUT2D eigenvalue weighted by Crippen LogP contribution is -2.40. The van der Waals surface area contributed by atoms with Crippen molar-refractivity contribution in [2.45, 2.75) is 4.90 Å². The second kappa shape index (κ2) is 7.43. The third-order valence-corrected chi connectivity index (χ3v) is 5.80. The summed E-state index contributed by atoms with van der Waals surface area (Å²) in [6, 6.07) is 14.4. The van der Waals surface area contributed by atoms with Crippen LogP contribution in [0.1, 0.15) is 5.56 Å². The molecule has 2 heterocycles. The molecule has 0 unspecified atom stereocenters. The molecule has 0 atom stereocenters. The van der Waals surface area contributed by atoms with Gasteiger partial charge in [-0.15, -0.1) is 0 Å². The van der Waals surface area contributed by atoms with E-state index in [0.29, 0.717) is 43.1 Å². The molecular formula is C20H19N3O5S. The first-order valence-corrected chi connectivity index (χ1v) is 10.6. The minimum absolute atomic E-state index is 0.0926. The SMILES string of the molecule is NS(=O)(=O)c1ccc(N2C(=O)C(c3ccccc3)=C(N3CCOCC3)C2=O)cc1. The number of rotatable bonds is 4. The standard InChI is InChI=1S/C20H19N3O5S/c21-29(26,27)16-8-6-15(7-9-16)23-19(24)17(14-4-2-1-3-5-14)18(20(23)25)22-10-12-28-13-11-22/h1-9H,10-13H2,(H2,21,26,27). The molecule has 0 aromatic heterocycles. The minimum Gasteiger partial charge on any atom is -0.378 e. The fourth-order valence-corrected chi connectivity index (χ4v) is 4.00. The number of primary sulfonamides is 1. The fraction of sp³-hybridized carbons (Fsp3) is 0.200. The quantitative estimate of drug-likeness (QED) is 0.748. The van der Waals surface area contributed by atoms with Gasteiger partial charge in [0.05, 0.1) is 29.4 Å². The molecule has 1 saturated heterocycles. The smallest absolute Gasteiger partial charge is 0.282 e. The highest BCUT2D eigenvalue weighted by Crippen LogP contribution is 2.35. The van der Waals surface area contributed by atoms with Crippen LogP contribution in [0.15, 0.2) is 65.2 Å². The molecule has 0 bridgehead atoms. The van der Waals surface area contributed by atoms with Crippen molar-refractivity contribution in [3.8, 4) is 0 Å². The Kier molecular flexibility index (Phi) is 4.95. The van der Waals surface area contributed by atoms with E-state index in [1.54, 1.807) is 24.3 Å². The number of morpholine rings is 1. The molecular weight excluding hydrogens is 394 g/mol. The number of nitrogens with zero attached hydrogens (tertiary/aromatic N) is 2. The second-order valence-electron chi connectivity index (χ2n) is 6.67. The van der Waals surface area contributed by atoms with Gasteiger partial charge in [0.2, 0.25) is 10.0 Å². The van der Waals surface area contributed by atoms with Gasteiger partial charge < -0.3 is 9.64 Å². The van der Waals surface area contributed by atoms with E-state index in [1.807, 2.05) is 11.0 Å². The second-order valence-corrected chi connectivity index (χ2v) is 8.24. The Morgan fingerprint density at radius 3 is 2.07 bits per heavy atom. The highest BCUT2D eigenvalue weighted by Gasteiger charge is 2.42. The Morgan fingerprint density at radius 1 is 0.862 bits per heavy atom. The van der Waals surface area contributed by atoms with Gasteiger partial charge in [0.25, 0.3) is 11.8 Å². The predicted octanol–water partition coefficient (Wildman–Crippen LogP) is 0.951. The third kappa shape index (κ3) is 3.55. The van der Waals surface area contributed by atoms with Crippen LogP contribution in [0.4, 0.5) is 5.69 Å². The number of anilines is 1. The lowest BCUT2D eigenvalue weighted by Gasteiger charge is -2.29. The molecule has 0 saturated carbocycles. The van der Waals surface area contributed by atoms with Gasteiger partial charge in [-0.3, -0.25) is 9.59 Å².